The maximum Gasteiger partial charge on any atom is 0.289 e. The lowest BCUT2D eigenvalue weighted by molar-refractivity contribution is -0.137. The zero-order chi connectivity index (χ0) is 20.4. The first kappa shape index (κ1) is 19.2. The Labute approximate surface area is 169 Å². The summed E-state index contributed by atoms with van der Waals surface area (Å²) in [5.74, 6) is -0.105. The summed E-state index contributed by atoms with van der Waals surface area (Å²) in [6, 6.07) is 11.4. The quantitative estimate of drug-likeness (QED) is 0.793. The van der Waals surface area contributed by atoms with Crippen molar-refractivity contribution in [2.75, 3.05) is 32.7 Å². The van der Waals surface area contributed by atoms with E-state index in [2.05, 4.69) is 6.07 Å². The van der Waals surface area contributed by atoms with E-state index >= 15 is 0 Å². The summed E-state index contributed by atoms with van der Waals surface area (Å²) in [5, 5.41) is 0. The molecule has 152 valence electrons. The van der Waals surface area contributed by atoms with Crippen molar-refractivity contribution in [2.45, 2.75) is 19.9 Å². The molecule has 1 aromatic heterocycles. The molecule has 0 spiro atoms. The minimum absolute atomic E-state index is 0.00944. The van der Waals surface area contributed by atoms with Crippen LogP contribution < -0.4 is 0 Å². The van der Waals surface area contributed by atoms with E-state index in [0.29, 0.717) is 45.0 Å². The second-order valence-corrected chi connectivity index (χ2v) is 7.76. The van der Waals surface area contributed by atoms with Gasteiger partial charge in [0.25, 0.3) is 5.91 Å². The van der Waals surface area contributed by atoms with E-state index in [1.807, 2.05) is 25.1 Å². The molecule has 1 aromatic carbocycles. The first-order chi connectivity index (χ1) is 14.0. The molecule has 2 fully saturated rings. The Morgan fingerprint density at radius 3 is 2.52 bits per heavy atom. The molecule has 0 bridgehead atoms. The minimum Gasteiger partial charge on any atom is -0.459 e. The summed E-state index contributed by atoms with van der Waals surface area (Å²) >= 11 is 0. The van der Waals surface area contributed by atoms with Crippen molar-refractivity contribution in [3.63, 3.8) is 0 Å². The fourth-order valence-corrected chi connectivity index (χ4v) is 4.07. The molecular formula is C22H25N3O4. The van der Waals surface area contributed by atoms with Gasteiger partial charge in [-0.1, -0.05) is 29.8 Å². The summed E-state index contributed by atoms with van der Waals surface area (Å²) in [7, 11) is 0. The Morgan fingerprint density at radius 1 is 1.07 bits per heavy atom. The largest absolute Gasteiger partial charge is 0.459 e. The number of carbonyl (C=O) groups excluding carboxylic acids is 3. The molecule has 2 aromatic rings. The average molecular weight is 395 g/mol. The van der Waals surface area contributed by atoms with E-state index < -0.39 is 0 Å². The molecular weight excluding hydrogens is 370 g/mol. The van der Waals surface area contributed by atoms with Crippen LogP contribution >= 0.6 is 0 Å². The lowest BCUT2D eigenvalue weighted by Gasteiger charge is -2.35. The third-order valence-electron chi connectivity index (χ3n) is 5.63. The van der Waals surface area contributed by atoms with Gasteiger partial charge >= 0.3 is 0 Å². The monoisotopic (exact) mass is 395 g/mol. The molecule has 3 amide bonds. The highest BCUT2D eigenvalue weighted by Gasteiger charge is 2.37. The first-order valence-electron chi connectivity index (χ1n) is 9.96. The summed E-state index contributed by atoms with van der Waals surface area (Å²) in [4.78, 5) is 43.0. The van der Waals surface area contributed by atoms with Crippen molar-refractivity contribution in [2.24, 2.45) is 5.92 Å². The highest BCUT2D eigenvalue weighted by atomic mass is 16.3. The normalized spacial score (nSPS) is 19.7. The summed E-state index contributed by atoms with van der Waals surface area (Å²) in [5.41, 5.74) is 2.24. The number of nitrogens with zero attached hydrogens (tertiary/aromatic N) is 3. The number of likely N-dealkylation sites (tertiary alicyclic amines) is 1. The van der Waals surface area contributed by atoms with Crippen LogP contribution in [-0.4, -0.2) is 65.1 Å². The Morgan fingerprint density at radius 2 is 1.83 bits per heavy atom. The summed E-state index contributed by atoms with van der Waals surface area (Å²) in [6.45, 7) is 4.92. The Bertz CT molecular complexity index is 901. The van der Waals surface area contributed by atoms with Crippen LogP contribution in [0.25, 0.3) is 0 Å². The number of piperazine rings is 1. The molecule has 0 saturated carbocycles. The first-order valence-corrected chi connectivity index (χ1v) is 9.96. The molecule has 7 heteroatoms. The fraction of sp³-hybridized carbons (Fsp3) is 0.409. The van der Waals surface area contributed by atoms with Gasteiger partial charge in [0, 0.05) is 45.7 Å². The highest BCUT2D eigenvalue weighted by Crippen LogP contribution is 2.23. The van der Waals surface area contributed by atoms with E-state index in [1.165, 1.54) is 6.26 Å². The van der Waals surface area contributed by atoms with Crippen LogP contribution in [0.15, 0.2) is 47.1 Å². The van der Waals surface area contributed by atoms with Crippen LogP contribution in [0.3, 0.4) is 0 Å². The van der Waals surface area contributed by atoms with Crippen molar-refractivity contribution in [3.8, 4) is 0 Å². The molecule has 3 heterocycles. The maximum absolute atomic E-state index is 12.9. The maximum atomic E-state index is 12.9. The number of hydrogen-bond donors (Lipinski definition) is 0. The highest BCUT2D eigenvalue weighted by molar-refractivity contribution is 5.92. The predicted octanol–water partition coefficient (Wildman–Crippen LogP) is 1.92. The third kappa shape index (κ3) is 4.18. The van der Waals surface area contributed by atoms with E-state index in [0.717, 1.165) is 11.1 Å². The standard InChI is InChI=1S/C22H25N3O4/c1-16-4-2-5-17(12-16)14-25-15-18(13-20(25)26)21(27)23-7-9-24(10-8-23)22(28)19-6-3-11-29-19/h2-6,11-12,18H,7-10,13-15H2,1H3. The number of hydrogen-bond acceptors (Lipinski definition) is 4. The predicted molar refractivity (Wildman–Crippen MR) is 106 cm³/mol. The van der Waals surface area contributed by atoms with Crippen LogP contribution in [0.5, 0.6) is 0 Å². The number of furan rings is 1. The van der Waals surface area contributed by atoms with Gasteiger partial charge in [-0.05, 0) is 24.6 Å². The number of carbonyl (C=O) groups is 3. The van der Waals surface area contributed by atoms with Gasteiger partial charge in [0.15, 0.2) is 5.76 Å². The van der Waals surface area contributed by atoms with Crippen LogP contribution in [-0.2, 0) is 16.1 Å². The summed E-state index contributed by atoms with van der Waals surface area (Å²) in [6.07, 6.45) is 1.74. The molecule has 2 saturated heterocycles. The smallest absolute Gasteiger partial charge is 0.289 e. The molecule has 7 nitrogen and oxygen atoms in total. The van der Waals surface area contributed by atoms with Crippen LogP contribution in [0.1, 0.15) is 28.1 Å². The second-order valence-electron chi connectivity index (χ2n) is 7.76. The molecule has 0 aliphatic carbocycles. The van der Waals surface area contributed by atoms with E-state index in [1.54, 1.807) is 26.8 Å². The van der Waals surface area contributed by atoms with Crippen molar-refractivity contribution in [1.82, 2.24) is 14.7 Å². The Kier molecular flexibility index (Phi) is 5.38. The molecule has 1 unspecified atom stereocenters. The SMILES string of the molecule is Cc1cccc(CN2CC(C(=O)N3CCN(C(=O)c4ccco4)CC3)CC2=O)c1. The zero-order valence-corrected chi connectivity index (χ0v) is 16.5. The summed E-state index contributed by atoms with van der Waals surface area (Å²) < 4.78 is 5.17. The average Bonchev–Trinajstić information content (AvgIpc) is 3.38. The second kappa shape index (κ2) is 8.11. The number of aryl methyl sites for hydroxylation is 1. The van der Waals surface area contributed by atoms with E-state index in [4.69, 9.17) is 4.42 Å². The van der Waals surface area contributed by atoms with E-state index in [9.17, 15) is 14.4 Å². The van der Waals surface area contributed by atoms with Crippen molar-refractivity contribution < 1.29 is 18.8 Å². The molecule has 4 rings (SSSR count). The van der Waals surface area contributed by atoms with Gasteiger partial charge in [-0.25, -0.2) is 0 Å². The van der Waals surface area contributed by atoms with Gasteiger partial charge in [-0.2, -0.15) is 0 Å². The van der Waals surface area contributed by atoms with Crippen molar-refractivity contribution in [3.05, 3.63) is 59.5 Å². The van der Waals surface area contributed by atoms with Crippen molar-refractivity contribution >= 4 is 17.7 Å². The molecule has 0 N–H and O–H groups in total. The fourth-order valence-electron chi connectivity index (χ4n) is 4.07. The zero-order valence-electron chi connectivity index (χ0n) is 16.5. The van der Waals surface area contributed by atoms with Gasteiger partial charge in [0.05, 0.1) is 12.2 Å². The van der Waals surface area contributed by atoms with E-state index in [-0.39, 0.29) is 30.1 Å². The molecule has 2 aliphatic rings. The van der Waals surface area contributed by atoms with Crippen LogP contribution in [0.4, 0.5) is 0 Å². The van der Waals surface area contributed by atoms with Gasteiger partial charge in [-0.15, -0.1) is 0 Å². The molecule has 1 atom stereocenters. The number of amides is 3. The number of rotatable bonds is 4. The van der Waals surface area contributed by atoms with Gasteiger partial charge in [-0.3, -0.25) is 14.4 Å². The van der Waals surface area contributed by atoms with Gasteiger partial charge < -0.3 is 19.1 Å². The Balaban J connectivity index is 1.31. The van der Waals surface area contributed by atoms with Crippen LogP contribution in [0.2, 0.25) is 0 Å². The minimum atomic E-state index is -0.306. The lowest BCUT2D eigenvalue weighted by Crippen LogP contribution is -2.52. The third-order valence-corrected chi connectivity index (χ3v) is 5.63. The topological polar surface area (TPSA) is 74.1 Å². The molecule has 0 radical (unpaired) electrons. The van der Waals surface area contributed by atoms with Crippen molar-refractivity contribution in [1.29, 1.82) is 0 Å². The molecule has 29 heavy (non-hydrogen) atoms. The molecule has 2 aliphatic heterocycles. The van der Waals surface area contributed by atoms with Gasteiger partial charge in [0.2, 0.25) is 11.8 Å². The number of benzene rings is 1. The lowest BCUT2D eigenvalue weighted by atomic mass is 10.1. The Hall–Kier alpha value is -3.09. The van der Waals surface area contributed by atoms with Crippen LogP contribution in [0, 0.1) is 12.8 Å². The van der Waals surface area contributed by atoms with Gasteiger partial charge in [0.1, 0.15) is 0 Å².